The van der Waals surface area contributed by atoms with Crippen LogP contribution in [0.1, 0.15) is 26.0 Å². The maximum Gasteiger partial charge on any atom is 0.271 e. The predicted molar refractivity (Wildman–Crippen MR) is 122 cm³/mol. The number of rotatable bonds is 5. The Balaban J connectivity index is 1.56. The van der Waals surface area contributed by atoms with Crippen LogP contribution in [0.3, 0.4) is 0 Å². The third kappa shape index (κ3) is 3.48. The lowest BCUT2D eigenvalue weighted by Crippen LogP contribution is -2.28. The fourth-order valence-corrected chi connectivity index (χ4v) is 4.54. The van der Waals surface area contributed by atoms with Crippen LogP contribution in [0.5, 0.6) is 0 Å². The Kier molecular flexibility index (Phi) is 4.87. The van der Waals surface area contributed by atoms with Crippen LogP contribution in [-0.4, -0.2) is 43.1 Å². The summed E-state index contributed by atoms with van der Waals surface area (Å²) in [5.74, 6) is -0.950. The minimum absolute atomic E-state index is 0.0191. The van der Waals surface area contributed by atoms with E-state index in [2.05, 4.69) is 15.0 Å². The number of benzene rings is 2. The molecule has 5 aromatic rings. The smallest absolute Gasteiger partial charge is 0.271 e. The van der Waals surface area contributed by atoms with Gasteiger partial charge in [-0.2, -0.15) is 0 Å². The highest BCUT2D eigenvalue weighted by Gasteiger charge is 2.22. The molecule has 0 saturated carbocycles. The monoisotopic (exact) mass is 442 g/mol. The summed E-state index contributed by atoms with van der Waals surface area (Å²) in [5, 5.41) is 0.832. The van der Waals surface area contributed by atoms with E-state index in [1.807, 2.05) is 54.6 Å². The second-order valence-corrected chi connectivity index (χ2v) is 8.40. The van der Waals surface area contributed by atoms with Gasteiger partial charge in [-0.25, -0.2) is 15.0 Å². The molecule has 9 heteroatoms. The highest BCUT2D eigenvalue weighted by Crippen LogP contribution is 2.25. The van der Waals surface area contributed by atoms with Crippen molar-refractivity contribution in [1.29, 1.82) is 0 Å². The van der Waals surface area contributed by atoms with E-state index in [9.17, 15) is 9.59 Å². The van der Waals surface area contributed by atoms with Gasteiger partial charge < -0.3 is 10.6 Å². The molecule has 0 fully saturated rings. The van der Waals surface area contributed by atoms with Crippen LogP contribution in [0.25, 0.3) is 27.1 Å². The molecule has 0 bridgehead atoms. The van der Waals surface area contributed by atoms with Crippen molar-refractivity contribution < 1.29 is 9.59 Å². The van der Waals surface area contributed by atoms with Crippen LogP contribution in [-0.2, 0) is 6.54 Å². The summed E-state index contributed by atoms with van der Waals surface area (Å²) >= 11 is 1.55. The molecule has 3 heterocycles. The summed E-state index contributed by atoms with van der Waals surface area (Å²) in [4.78, 5) is 40.2. The largest absolute Gasteiger partial charge is 0.364 e. The Morgan fingerprint density at radius 1 is 1.06 bits per heavy atom. The standard InChI is InChI=1S/C23H18N6O2S/c1-28(12-19-26-15-9-5-6-10-18(15)32-19)23(31)17-11-16(14-7-3-2-4-8-14)27-22-20(21(24)30)25-13-29(17)22/h2-11,13H,12H2,1H3,(H2,24,30). The summed E-state index contributed by atoms with van der Waals surface area (Å²) in [6.45, 7) is 0.347. The van der Waals surface area contributed by atoms with Crippen LogP contribution in [0.15, 0.2) is 67.0 Å². The second-order valence-electron chi connectivity index (χ2n) is 7.28. The van der Waals surface area contributed by atoms with Gasteiger partial charge in [-0.05, 0) is 18.2 Å². The number of amides is 2. The lowest BCUT2D eigenvalue weighted by Gasteiger charge is -2.17. The summed E-state index contributed by atoms with van der Waals surface area (Å²) in [5.41, 5.74) is 8.35. The summed E-state index contributed by atoms with van der Waals surface area (Å²) in [6.07, 6.45) is 1.40. The number of fused-ring (bicyclic) bond motifs is 2. The molecule has 0 aliphatic carbocycles. The van der Waals surface area contributed by atoms with Crippen molar-refractivity contribution in [1.82, 2.24) is 24.3 Å². The number of primary amides is 1. The van der Waals surface area contributed by atoms with Gasteiger partial charge in [-0.15, -0.1) is 11.3 Å². The molecule has 0 atom stereocenters. The number of carbonyl (C=O) groups is 2. The molecule has 158 valence electrons. The fraction of sp³-hybridized carbons (Fsp3) is 0.0870. The molecular formula is C23H18N6O2S. The third-order valence-electron chi connectivity index (χ3n) is 5.08. The fourth-order valence-electron chi connectivity index (χ4n) is 3.52. The van der Waals surface area contributed by atoms with Gasteiger partial charge in [-0.1, -0.05) is 42.5 Å². The number of aromatic nitrogens is 4. The number of para-hydroxylation sites is 1. The minimum atomic E-state index is -0.702. The lowest BCUT2D eigenvalue weighted by molar-refractivity contribution is 0.0777. The first-order valence-electron chi connectivity index (χ1n) is 9.84. The molecule has 0 spiro atoms. The molecule has 0 radical (unpaired) electrons. The Hall–Kier alpha value is -4.11. The van der Waals surface area contributed by atoms with Crippen LogP contribution in [0, 0.1) is 0 Å². The second kappa shape index (κ2) is 7.86. The molecule has 0 saturated heterocycles. The maximum atomic E-state index is 13.5. The predicted octanol–water partition coefficient (Wildman–Crippen LogP) is 3.38. The van der Waals surface area contributed by atoms with Crippen LogP contribution < -0.4 is 5.73 Å². The third-order valence-corrected chi connectivity index (χ3v) is 6.10. The van der Waals surface area contributed by atoms with Crippen molar-refractivity contribution >= 4 is 39.0 Å². The zero-order valence-electron chi connectivity index (χ0n) is 17.1. The van der Waals surface area contributed by atoms with E-state index in [0.29, 0.717) is 17.9 Å². The molecule has 8 nitrogen and oxygen atoms in total. The number of nitrogens with two attached hydrogens (primary N) is 1. The molecular weight excluding hydrogens is 424 g/mol. The van der Waals surface area contributed by atoms with Gasteiger partial charge in [0.25, 0.3) is 11.8 Å². The number of thiazole rings is 1. The number of imidazole rings is 1. The average Bonchev–Trinajstić information content (AvgIpc) is 3.42. The van der Waals surface area contributed by atoms with Crippen molar-refractivity contribution in [3.8, 4) is 11.3 Å². The van der Waals surface area contributed by atoms with E-state index >= 15 is 0 Å². The maximum absolute atomic E-state index is 13.5. The zero-order chi connectivity index (χ0) is 22.2. The topological polar surface area (TPSA) is 106 Å². The van der Waals surface area contributed by atoms with Gasteiger partial charge in [0.2, 0.25) is 0 Å². The summed E-state index contributed by atoms with van der Waals surface area (Å²) in [7, 11) is 1.72. The zero-order valence-corrected chi connectivity index (χ0v) is 17.9. The number of carbonyl (C=O) groups excluding carboxylic acids is 2. The van der Waals surface area contributed by atoms with Crippen LogP contribution in [0.2, 0.25) is 0 Å². The summed E-state index contributed by atoms with van der Waals surface area (Å²) < 4.78 is 2.57. The number of hydrogen-bond donors (Lipinski definition) is 1. The molecule has 2 N–H and O–H groups in total. The van der Waals surface area contributed by atoms with E-state index in [0.717, 1.165) is 20.8 Å². The van der Waals surface area contributed by atoms with Gasteiger partial charge in [0.15, 0.2) is 11.3 Å². The van der Waals surface area contributed by atoms with Crippen molar-refractivity contribution in [2.45, 2.75) is 6.54 Å². The molecule has 32 heavy (non-hydrogen) atoms. The Bertz CT molecular complexity index is 1440. The van der Waals surface area contributed by atoms with Crippen molar-refractivity contribution in [2.24, 2.45) is 5.73 Å². The molecule has 2 amide bonds. The molecule has 2 aromatic carbocycles. The Morgan fingerprint density at radius 2 is 1.81 bits per heavy atom. The SMILES string of the molecule is CN(Cc1nc2ccccc2s1)C(=O)c1cc(-c2ccccc2)nc2c(C(N)=O)ncn12. The quantitative estimate of drug-likeness (QED) is 0.449. The highest BCUT2D eigenvalue weighted by molar-refractivity contribution is 7.18. The van der Waals surface area contributed by atoms with Gasteiger partial charge in [0, 0.05) is 12.6 Å². The molecule has 3 aromatic heterocycles. The van der Waals surface area contributed by atoms with Crippen molar-refractivity contribution in [3.05, 3.63) is 83.4 Å². The normalized spacial score (nSPS) is 11.2. The average molecular weight is 443 g/mol. The van der Waals surface area contributed by atoms with Gasteiger partial charge in [-0.3, -0.25) is 14.0 Å². The minimum Gasteiger partial charge on any atom is -0.364 e. The van der Waals surface area contributed by atoms with Gasteiger partial charge in [0.05, 0.1) is 22.5 Å². The lowest BCUT2D eigenvalue weighted by atomic mass is 10.1. The van der Waals surface area contributed by atoms with Crippen molar-refractivity contribution in [3.63, 3.8) is 0 Å². The van der Waals surface area contributed by atoms with Crippen molar-refractivity contribution in [2.75, 3.05) is 7.05 Å². The Morgan fingerprint density at radius 3 is 2.56 bits per heavy atom. The van der Waals surface area contributed by atoms with Gasteiger partial charge >= 0.3 is 0 Å². The summed E-state index contributed by atoms with van der Waals surface area (Å²) in [6, 6.07) is 19.0. The number of hydrogen-bond acceptors (Lipinski definition) is 6. The molecule has 5 rings (SSSR count). The van der Waals surface area contributed by atoms with E-state index in [4.69, 9.17) is 5.73 Å². The van der Waals surface area contributed by atoms with Crippen LogP contribution >= 0.6 is 11.3 Å². The Labute approximate surface area is 187 Å². The highest BCUT2D eigenvalue weighted by atomic mass is 32.1. The first kappa shape index (κ1) is 19.8. The van der Waals surface area contributed by atoms with E-state index in [-0.39, 0.29) is 17.2 Å². The van der Waals surface area contributed by atoms with E-state index < -0.39 is 5.91 Å². The first-order valence-corrected chi connectivity index (χ1v) is 10.7. The van der Waals surface area contributed by atoms with E-state index in [1.165, 1.54) is 10.7 Å². The molecule has 0 aliphatic heterocycles. The van der Waals surface area contributed by atoms with Gasteiger partial charge in [0.1, 0.15) is 17.0 Å². The molecule has 0 unspecified atom stereocenters. The van der Waals surface area contributed by atoms with E-state index in [1.54, 1.807) is 29.4 Å². The first-order chi connectivity index (χ1) is 15.5. The molecule has 0 aliphatic rings. The van der Waals surface area contributed by atoms with Crippen LogP contribution in [0.4, 0.5) is 0 Å². The number of nitrogens with zero attached hydrogens (tertiary/aromatic N) is 5.